The first kappa shape index (κ1) is 20.7. The molecule has 1 aliphatic carbocycles. The van der Waals surface area contributed by atoms with Crippen molar-refractivity contribution in [2.24, 2.45) is 5.92 Å². The van der Waals surface area contributed by atoms with Gasteiger partial charge in [0.25, 0.3) is 5.91 Å². The number of ether oxygens (including phenoxy) is 2. The van der Waals surface area contributed by atoms with Gasteiger partial charge in [-0.2, -0.15) is 0 Å². The van der Waals surface area contributed by atoms with Crippen LogP contribution in [0.15, 0.2) is 42.6 Å². The fourth-order valence-corrected chi connectivity index (χ4v) is 4.37. The summed E-state index contributed by atoms with van der Waals surface area (Å²) in [6.45, 7) is 6.69. The van der Waals surface area contributed by atoms with Gasteiger partial charge in [-0.1, -0.05) is 25.0 Å². The zero-order valence-electron chi connectivity index (χ0n) is 17.8. The Morgan fingerprint density at radius 1 is 1.03 bits per heavy atom. The Kier molecular flexibility index (Phi) is 6.84. The van der Waals surface area contributed by atoms with Crippen LogP contribution in [-0.2, 0) is 0 Å². The van der Waals surface area contributed by atoms with E-state index in [2.05, 4.69) is 9.88 Å². The average Bonchev–Trinajstić information content (AvgIpc) is 3.28. The molecule has 2 aliphatic rings. The summed E-state index contributed by atoms with van der Waals surface area (Å²) in [6, 6.07) is 11.1. The van der Waals surface area contributed by atoms with Crippen LogP contribution in [0.2, 0.25) is 0 Å². The number of amides is 1. The second-order valence-electron chi connectivity index (χ2n) is 8.09. The van der Waals surface area contributed by atoms with E-state index in [9.17, 15) is 4.79 Å². The number of pyridine rings is 1. The number of hydrogen-bond donors (Lipinski definition) is 0. The molecule has 6 nitrogen and oxygen atoms in total. The van der Waals surface area contributed by atoms with E-state index in [4.69, 9.17) is 9.47 Å². The van der Waals surface area contributed by atoms with Gasteiger partial charge in [-0.05, 0) is 49.9 Å². The van der Waals surface area contributed by atoms with Gasteiger partial charge in [0.05, 0.1) is 0 Å². The molecule has 0 atom stereocenters. The first-order valence-corrected chi connectivity index (χ1v) is 11.1. The zero-order chi connectivity index (χ0) is 20.8. The van der Waals surface area contributed by atoms with E-state index in [0.29, 0.717) is 42.6 Å². The van der Waals surface area contributed by atoms with Crippen LogP contribution in [0.1, 0.15) is 43.0 Å². The van der Waals surface area contributed by atoms with Gasteiger partial charge in [-0.25, -0.2) is 4.98 Å². The molecule has 0 saturated heterocycles. The maximum Gasteiger partial charge on any atom is 0.259 e. The smallest absolute Gasteiger partial charge is 0.259 e. The number of likely N-dealkylation sites (N-methyl/N-ethyl adjacent to an activating group) is 1. The zero-order valence-corrected chi connectivity index (χ0v) is 17.8. The summed E-state index contributed by atoms with van der Waals surface area (Å²) in [5.74, 6) is 2.29. The van der Waals surface area contributed by atoms with E-state index in [1.165, 1.54) is 25.7 Å². The molecule has 1 saturated carbocycles. The van der Waals surface area contributed by atoms with Crippen molar-refractivity contribution in [2.75, 3.05) is 39.3 Å². The van der Waals surface area contributed by atoms with Gasteiger partial charge in [0, 0.05) is 38.9 Å². The summed E-state index contributed by atoms with van der Waals surface area (Å²) in [7, 11) is 0. The molecule has 0 N–H and O–H groups in total. The van der Waals surface area contributed by atoms with Gasteiger partial charge in [-0.3, -0.25) is 9.69 Å². The van der Waals surface area contributed by atoms with Gasteiger partial charge in [0.1, 0.15) is 12.2 Å². The van der Waals surface area contributed by atoms with Gasteiger partial charge in [-0.15, -0.1) is 0 Å². The summed E-state index contributed by atoms with van der Waals surface area (Å²) >= 11 is 0. The average molecular weight is 410 g/mol. The van der Waals surface area contributed by atoms with Crippen molar-refractivity contribution in [1.29, 1.82) is 0 Å². The fourth-order valence-electron chi connectivity index (χ4n) is 4.37. The lowest BCUT2D eigenvalue weighted by Gasteiger charge is -2.29. The molecule has 0 spiro atoms. The van der Waals surface area contributed by atoms with Gasteiger partial charge >= 0.3 is 0 Å². The van der Waals surface area contributed by atoms with Crippen molar-refractivity contribution < 1.29 is 14.3 Å². The number of para-hydroxylation sites is 2. The molecule has 1 amide bonds. The Hall–Kier alpha value is -2.60. The highest BCUT2D eigenvalue weighted by atomic mass is 16.5. The Balaban J connectivity index is 1.62. The highest BCUT2D eigenvalue weighted by molar-refractivity contribution is 5.96. The summed E-state index contributed by atoms with van der Waals surface area (Å²) < 4.78 is 12.2. The van der Waals surface area contributed by atoms with E-state index >= 15 is 0 Å². The highest BCUT2D eigenvalue weighted by Gasteiger charge is 2.24. The normalized spacial score (nSPS) is 19.0. The third-order valence-corrected chi connectivity index (χ3v) is 6.07. The molecule has 2 aromatic rings. The summed E-state index contributed by atoms with van der Waals surface area (Å²) in [5, 5.41) is 0. The molecule has 4 rings (SSSR count). The minimum Gasteiger partial charge on any atom is -0.488 e. The number of nitrogens with zero attached hydrogens (tertiary/aromatic N) is 3. The summed E-state index contributed by atoms with van der Waals surface area (Å²) in [5.41, 5.74) is 0.482. The molecule has 1 aliphatic heterocycles. The summed E-state index contributed by atoms with van der Waals surface area (Å²) in [4.78, 5) is 22.0. The van der Waals surface area contributed by atoms with Crippen molar-refractivity contribution in [3.05, 3.63) is 48.2 Å². The van der Waals surface area contributed by atoms with Gasteiger partial charge < -0.3 is 14.4 Å². The van der Waals surface area contributed by atoms with Crippen LogP contribution >= 0.6 is 0 Å². The molecule has 0 unspecified atom stereocenters. The monoisotopic (exact) mass is 409 g/mol. The Morgan fingerprint density at radius 3 is 2.63 bits per heavy atom. The van der Waals surface area contributed by atoms with Crippen LogP contribution in [0, 0.1) is 5.92 Å². The van der Waals surface area contributed by atoms with Gasteiger partial charge in [0.2, 0.25) is 5.88 Å². The molecule has 0 radical (unpaired) electrons. The van der Waals surface area contributed by atoms with Crippen LogP contribution in [-0.4, -0.2) is 60.0 Å². The van der Waals surface area contributed by atoms with Crippen LogP contribution in [0.25, 0.3) is 0 Å². The molecular weight excluding hydrogens is 378 g/mol. The topological polar surface area (TPSA) is 54.9 Å². The van der Waals surface area contributed by atoms with E-state index in [-0.39, 0.29) is 5.91 Å². The Labute approximate surface area is 178 Å². The lowest BCUT2D eigenvalue weighted by Crippen LogP contribution is -2.41. The largest absolute Gasteiger partial charge is 0.488 e. The van der Waals surface area contributed by atoms with Crippen LogP contribution in [0.4, 0.5) is 0 Å². The number of carbonyl (C=O) groups excluding carboxylic acids is 1. The summed E-state index contributed by atoms with van der Waals surface area (Å²) in [6.07, 6.45) is 6.94. The number of aromatic nitrogens is 1. The van der Waals surface area contributed by atoms with Crippen LogP contribution in [0.5, 0.6) is 17.4 Å². The second-order valence-corrected chi connectivity index (χ2v) is 8.09. The Bertz CT molecular complexity index is 851. The second kappa shape index (κ2) is 9.94. The van der Waals surface area contributed by atoms with E-state index in [1.807, 2.05) is 36.1 Å². The van der Waals surface area contributed by atoms with E-state index in [0.717, 1.165) is 25.6 Å². The predicted molar refractivity (Wildman–Crippen MR) is 116 cm³/mol. The molecular formula is C24H31N3O3. The molecule has 2 heterocycles. The number of carbonyl (C=O) groups is 1. The highest BCUT2D eigenvalue weighted by Crippen LogP contribution is 2.32. The van der Waals surface area contributed by atoms with E-state index in [1.54, 1.807) is 18.3 Å². The Morgan fingerprint density at radius 2 is 1.83 bits per heavy atom. The van der Waals surface area contributed by atoms with Crippen molar-refractivity contribution in [2.45, 2.75) is 32.6 Å². The third kappa shape index (κ3) is 4.93. The SMILES string of the molecule is CCN1CCN(CC2CCCC2)CCOc2ccccc2Oc2ncccc2C1=O. The molecule has 160 valence electrons. The lowest BCUT2D eigenvalue weighted by molar-refractivity contribution is 0.0733. The molecule has 30 heavy (non-hydrogen) atoms. The molecule has 1 aromatic carbocycles. The van der Waals surface area contributed by atoms with Crippen molar-refractivity contribution >= 4 is 5.91 Å². The number of fused-ring (bicyclic) bond motifs is 2. The number of hydrogen-bond acceptors (Lipinski definition) is 5. The maximum absolute atomic E-state index is 13.3. The van der Waals surface area contributed by atoms with E-state index < -0.39 is 0 Å². The van der Waals surface area contributed by atoms with Crippen LogP contribution in [0.3, 0.4) is 0 Å². The number of rotatable bonds is 3. The maximum atomic E-state index is 13.3. The minimum absolute atomic E-state index is 0.0425. The molecule has 1 aromatic heterocycles. The van der Waals surface area contributed by atoms with Crippen molar-refractivity contribution in [1.82, 2.24) is 14.8 Å². The first-order valence-electron chi connectivity index (χ1n) is 11.1. The standard InChI is InChI=1S/C24H31N3O3/c1-2-27-15-14-26(18-19-8-3-4-9-19)16-17-29-21-11-5-6-12-22(21)30-23-20(24(27)28)10-7-13-25-23/h5-7,10-13,19H,2-4,8-9,14-18H2,1H3. The molecule has 6 heteroatoms. The van der Waals surface area contributed by atoms with Crippen molar-refractivity contribution in [3.63, 3.8) is 0 Å². The third-order valence-electron chi connectivity index (χ3n) is 6.07. The fraction of sp³-hybridized carbons (Fsp3) is 0.500. The van der Waals surface area contributed by atoms with Crippen LogP contribution < -0.4 is 9.47 Å². The molecule has 1 fully saturated rings. The predicted octanol–water partition coefficient (Wildman–Crippen LogP) is 4.22. The first-order chi connectivity index (χ1) is 14.7. The minimum atomic E-state index is -0.0425. The quantitative estimate of drug-likeness (QED) is 0.760. The van der Waals surface area contributed by atoms with Gasteiger partial charge in [0.15, 0.2) is 11.5 Å². The number of benzene rings is 1. The molecule has 0 bridgehead atoms. The van der Waals surface area contributed by atoms with Crippen molar-refractivity contribution in [3.8, 4) is 17.4 Å². The lowest BCUT2D eigenvalue weighted by atomic mass is 10.1.